The van der Waals surface area contributed by atoms with Crippen LogP contribution < -0.4 is 10.1 Å². The standard InChI is InChI=1S/C14H19NO2/c1-16-12-6-4-11(5-7-12)14-9-15-8-13(17-14)10-2-3-10/h4-7,10,13-15H,2-3,8-9H2,1H3. The molecule has 1 aliphatic heterocycles. The summed E-state index contributed by atoms with van der Waals surface area (Å²) in [6, 6.07) is 8.19. The van der Waals surface area contributed by atoms with Crippen molar-refractivity contribution >= 4 is 0 Å². The molecule has 1 saturated heterocycles. The molecule has 0 spiro atoms. The van der Waals surface area contributed by atoms with Gasteiger partial charge in [0.1, 0.15) is 5.75 Å². The minimum Gasteiger partial charge on any atom is -0.497 e. The molecular formula is C14H19NO2. The largest absolute Gasteiger partial charge is 0.497 e. The summed E-state index contributed by atoms with van der Waals surface area (Å²) in [7, 11) is 1.69. The number of ether oxygens (including phenoxy) is 2. The van der Waals surface area contributed by atoms with E-state index in [-0.39, 0.29) is 6.10 Å². The summed E-state index contributed by atoms with van der Waals surface area (Å²) in [5.74, 6) is 1.69. The normalized spacial score (nSPS) is 29.0. The fourth-order valence-electron chi connectivity index (χ4n) is 2.42. The highest BCUT2D eigenvalue weighted by atomic mass is 16.5. The SMILES string of the molecule is COc1ccc(C2CNCC(C3CC3)O2)cc1. The van der Waals surface area contributed by atoms with Gasteiger partial charge in [-0.25, -0.2) is 0 Å². The highest BCUT2D eigenvalue weighted by Gasteiger charge is 2.35. The van der Waals surface area contributed by atoms with Crippen LogP contribution in [0.25, 0.3) is 0 Å². The molecule has 0 bridgehead atoms. The Bertz CT molecular complexity index is 372. The first kappa shape index (κ1) is 11.1. The quantitative estimate of drug-likeness (QED) is 0.867. The number of methoxy groups -OCH3 is 1. The summed E-state index contributed by atoms with van der Waals surface area (Å²) in [6.45, 7) is 1.92. The van der Waals surface area contributed by atoms with Gasteiger partial charge in [-0.2, -0.15) is 0 Å². The van der Waals surface area contributed by atoms with Gasteiger partial charge in [-0.3, -0.25) is 0 Å². The summed E-state index contributed by atoms with van der Waals surface area (Å²) >= 11 is 0. The summed E-state index contributed by atoms with van der Waals surface area (Å²) in [5.41, 5.74) is 1.24. The Balaban J connectivity index is 1.69. The summed E-state index contributed by atoms with van der Waals surface area (Å²) in [5, 5.41) is 3.48. The molecule has 0 radical (unpaired) electrons. The van der Waals surface area contributed by atoms with Crippen molar-refractivity contribution in [3.8, 4) is 5.75 Å². The third-order valence-corrected chi connectivity index (χ3v) is 3.65. The van der Waals surface area contributed by atoms with Gasteiger partial charge >= 0.3 is 0 Å². The molecule has 2 aliphatic rings. The van der Waals surface area contributed by atoms with Crippen LogP contribution in [0.4, 0.5) is 0 Å². The van der Waals surface area contributed by atoms with Gasteiger partial charge in [0.25, 0.3) is 0 Å². The Morgan fingerprint density at radius 2 is 1.94 bits per heavy atom. The van der Waals surface area contributed by atoms with Gasteiger partial charge < -0.3 is 14.8 Å². The zero-order valence-electron chi connectivity index (χ0n) is 10.2. The molecule has 1 N–H and O–H groups in total. The van der Waals surface area contributed by atoms with Gasteiger partial charge in [0, 0.05) is 13.1 Å². The average Bonchev–Trinajstić information content (AvgIpc) is 3.23. The van der Waals surface area contributed by atoms with Crippen LogP contribution >= 0.6 is 0 Å². The lowest BCUT2D eigenvalue weighted by Gasteiger charge is -2.31. The highest BCUT2D eigenvalue weighted by molar-refractivity contribution is 5.29. The van der Waals surface area contributed by atoms with Crippen molar-refractivity contribution in [1.82, 2.24) is 5.32 Å². The van der Waals surface area contributed by atoms with Gasteiger partial charge in [-0.15, -0.1) is 0 Å². The summed E-state index contributed by atoms with van der Waals surface area (Å²) in [6.07, 6.45) is 3.28. The first-order valence-electron chi connectivity index (χ1n) is 6.37. The van der Waals surface area contributed by atoms with Crippen molar-refractivity contribution < 1.29 is 9.47 Å². The van der Waals surface area contributed by atoms with Crippen LogP contribution in [0.15, 0.2) is 24.3 Å². The summed E-state index contributed by atoms with van der Waals surface area (Å²) in [4.78, 5) is 0. The molecule has 1 heterocycles. The molecule has 2 fully saturated rings. The topological polar surface area (TPSA) is 30.5 Å². The lowest BCUT2D eigenvalue weighted by atomic mass is 10.1. The van der Waals surface area contributed by atoms with Crippen LogP contribution in [0.5, 0.6) is 5.75 Å². The second-order valence-electron chi connectivity index (χ2n) is 4.93. The Labute approximate surface area is 102 Å². The van der Waals surface area contributed by atoms with E-state index in [4.69, 9.17) is 9.47 Å². The van der Waals surface area contributed by atoms with Crippen LogP contribution in [0.2, 0.25) is 0 Å². The van der Waals surface area contributed by atoms with Crippen LogP contribution in [0, 0.1) is 5.92 Å². The molecule has 3 rings (SSSR count). The number of hydrogen-bond donors (Lipinski definition) is 1. The highest BCUT2D eigenvalue weighted by Crippen LogP contribution is 2.37. The van der Waals surface area contributed by atoms with E-state index in [2.05, 4.69) is 17.4 Å². The second kappa shape index (κ2) is 4.67. The molecule has 92 valence electrons. The molecule has 0 aromatic heterocycles. The van der Waals surface area contributed by atoms with E-state index in [9.17, 15) is 0 Å². The van der Waals surface area contributed by atoms with Crippen LogP contribution in [-0.4, -0.2) is 26.3 Å². The smallest absolute Gasteiger partial charge is 0.118 e. The minimum absolute atomic E-state index is 0.195. The van der Waals surface area contributed by atoms with Gasteiger partial charge in [0.2, 0.25) is 0 Å². The van der Waals surface area contributed by atoms with Crippen molar-refractivity contribution in [1.29, 1.82) is 0 Å². The maximum absolute atomic E-state index is 6.17. The fourth-order valence-corrected chi connectivity index (χ4v) is 2.42. The van der Waals surface area contributed by atoms with E-state index in [1.165, 1.54) is 18.4 Å². The molecule has 1 saturated carbocycles. The Hall–Kier alpha value is -1.06. The van der Waals surface area contributed by atoms with Gasteiger partial charge in [-0.05, 0) is 36.5 Å². The van der Waals surface area contributed by atoms with Gasteiger partial charge in [-0.1, -0.05) is 12.1 Å². The number of rotatable bonds is 3. The minimum atomic E-state index is 0.195. The van der Waals surface area contributed by atoms with Crippen LogP contribution in [0.1, 0.15) is 24.5 Å². The molecule has 1 aliphatic carbocycles. The number of benzene rings is 1. The van der Waals surface area contributed by atoms with E-state index in [0.29, 0.717) is 6.10 Å². The third kappa shape index (κ3) is 2.45. The predicted molar refractivity (Wildman–Crippen MR) is 66.2 cm³/mol. The second-order valence-corrected chi connectivity index (χ2v) is 4.93. The molecular weight excluding hydrogens is 214 g/mol. The molecule has 2 atom stereocenters. The summed E-state index contributed by atoms with van der Waals surface area (Å²) < 4.78 is 11.3. The van der Waals surface area contributed by atoms with E-state index in [1.54, 1.807) is 7.11 Å². The Kier molecular flexibility index (Phi) is 3.04. The average molecular weight is 233 g/mol. The lowest BCUT2D eigenvalue weighted by Crippen LogP contribution is -2.41. The molecule has 3 nitrogen and oxygen atoms in total. The fraction of sp³-hybridized carbons (Fsp3) is 0.571. The maximum atomic E-state index is 6.17. The predicted octanol–water partition coefficient (Wildman–Crippen LogP) is 2.13. The number of hydrogen-bond acceptors (Lipinski definition) is 3. The third-order valence-electron chi connectivity index (χ3n) is 3.65. The van der Waals surface area contributed by atoms with Crippen molar-refractivity contribution in [2.75, 3.05) is 20.2 Å². The van der Waals surface area contributed by atoms with Gasteiger partial charge in [0.05, 0.1) is 19.3 Å². The van der Waals surface area contributed by atoms with E-state index in [1.807, 2.05) is 12.1 Å². The Morgan fingerprint density at radius 1 is 1.18 bits per heavy atom. The first-order chi connectivity index (χ1) is 8.36. The van der Waals surface area contributed by atoms with Crippen LogP contribution in [0.3, 0.4) is 0 Å². The lowest BCUT2D eigenvalue weighted by molar-refractivity contribution is -0.0493. The zero-order valence-corrected chi connectivity index (χ0v) is 10.2. The molecule has 3 heteroatoms. The number of morpholine rings is 1. The monoisotopic (exact) mass is 233 g/mol. The van der Waals surface area contributed by atoms with Crippen molar-refractivity contribution in [3.05, 3.63) is 29.8 Å². The molecule has 1 aromatic rings. The van der Waals surface area contributed by atoms with Crippen molar-refractivity contribution in [3.63, 3.8) is 0 Å². The molecule has 1 aromatic carbocycles. The van der Waals surface area contributed by atoms with Crippen molar-refractivity contribution in [2.24, 2.45) is 5.92 Å². The molecule has 0 amide bonds. The van der Waals surface area contributed by atoms with Gasteiger partial charge in [0.15, 0.2) is 0 Å². The van der Waals surface area contributed by atoms with E-state index < -0.39 is 0 Å². The molecule has 17 heavy (non-hydrogen) atoms. The molecule has 2 unspecified atom stereocenters. The van der Waals surface area contributed by atoms with E-state index in [0.717, 1.165) is 24.8 Å². The van der Waals surface area contributed by atoms with Crippen LogP contribution in [-0.2, 0) is 4.74 Å². The zero-order chi connectivity index (χ0) is 11.7. The Morgan fingerprint density at radius 3 is 2.59 bits per heavy atom. The van der Waals surface area contributed by atoms with Crippen molar-refractivity contribution in [2.45, 2.75) is 25.0 Å². The number of nitrogens with one attached hydrogen (secondary N) is 1. The van der Waals surface area contributed by atoms with E-state index >= 15 is 0 Å². The first-order valence-corrected chi connectivity index (χ1v) is 6.37. The maximum Gasteiger partial charge on any atom is 0.118 e.